The third kappa shape index (κ3) is 4.86. The summed E-state index contributed by atoms with van der Waals surface area (Å²) in [5.74, 6) is -0.550. The number of rotatable bonds is 6. The quantitative estimate of drug-likeness (QED) is 0.457. The van der Waals surface area contributed by atoms with Gasteiger partial charge in [0, 0.05) is 18.1 Å². The lowest BCUT2D eigenvalue weighted by atomic mass is 9.82. The number of halogens is 1. The van der Waals surface area contributed by atoms with Gasteiger partial charge in [0.05, 0.1) is 28.8 Å². The number of carbonyl (C=O) groups is 2. The van der Waals surface area contributed by atoms with Crippen LogP contribution in [0.25, 0.3) is 0 Å². The second-order valence-corrected chi connectivity index (χ2v) is 11.6. The Morgan fingerprint density at radius 2 is 1.90 bits per heavy atom. The molecular formula is C31H32FN5O4. The molecule has 41 heavy (non-hydrogen) atoms. The lowest BCUT2D eigenvalue weighted by molar-refractivity contribution is -0.135. The van der Waals surface area contributed by atoms with E-state index in [-0.39, 0.29) is 23.5 Å². The van der Waals surface area contributed by atoms with Crippen LogP contribution in [-0.4, -0.2) is 39.0 Å². The molecule has 2 aliphatic heterocycles. The minimum absolute atomic E-state index is 0.0891. The molecule has 2 aliphatic rings. The number of aromatic nitrogens is 2. The zero-order chi connectivity index (χ0) is 29.7. The number of amides is 2. The van der Waals surface area contributed by atoms with Gasteiger partial charge in [-0.3, -0.25) is 14.4 Å². The van der Waals surface area contributed by atoms with E-state index in [0.717, 1.165) is 11.1 Å². The summed E-state index contributed by atoms with van der Waals surface area (Å²) in [4.78, 5) is 41.2. The molecule has 3 heterocycles. The van der Waals surface area contributed by atoms with Crippen molar-refractivity contribution in [1.29, 1.82) is 5.26 Å². The number of hydrogen-bond acceptors (Lipinski definition) is 6. The Morgan fingerprint density at radius 1 is 1.15 bits per heavy atom. The van der Waals surface area contributed by atoms with Crippen LogP contribution in [0.2, 0.25) is 0 Å². The van der Waals surface area contributed by atoms with Crippen LogP contribution in [0.4, 0.5) is 4.39 Å². The molecule has 2 N–H and O–H groups in total. The summed E-state index contributed by atoms with van der Waals surface area (Å²) in [6.45, 7) is 8.93. The van der Waals surface area contributed by atoms with Gasteiger partial charge >= 0.3 is 5.56 Å². The highest BCUT2D eigenvalue weighted by Crippen LogP contribution is 2.54. The molecule has 5 rings (SSSR count). The fourth-order valence-electron chi connectivity index (χ4n) is 6.30. The Hall–Kier alpha value is -4.52. The molecule has 0 spiro atoms. The molecule has 212 valence electrons. The number of H-pyrrole nitrogens is 1. The maximum absolute atomic E-state index is 14.0. The SMILES string of the molecule is Cc1cc(Oc2ccc(C(=O)N[C@H]3C[C@@]4(c5ccc(F)cc5C)CC[C@H](C(C)(C)C#N)N4C3=O)cc2C)c(=O)[nH]n1. The zero-order valence-electron chi connectivity index (χ0n) is 23.7. The third-order valence-corrected chi connectivity index (χ3v) is 8.35. The number of nitriles is 1. The van der Waals surface area contributed by atoms with Crippen LogP contribution in [-0.2, 0) is 10.3 Å². The van der Waals surface area contributed by atoms with Gasteiger partial charge in [-0.1, -0.05) is 6.07 Å². The van der Waals surface area contributed by atoms with E-state index in [2.05, 4.69) is 21.6 Å². The molecular weight excluding hydrogens is 525 g/mol. The van der Waals surface area contributed by atoms with Crippen molar-refractivity contribution >= 4 is 11.8 Å². The van der Waals surface area contributed by atoms with Crippen molar-refractivity contribution in [2.24, 2.45) is 5.41 Å². The maximum atomic E-state index is 14.0. The van der Waals surface area contributed by atoms with Gasteiger partial charge < -0.3 is 15.0 Å². The standard InChI is InChI=1S/C31H32FN5O4/c1-17-13-21(32)7-8-22(17)31-11-10-26(30(4,5)16-33)37(31)29(40)23(15-31)34-27(38)20-6-9-24(18(2)12-20)41-25-14-19(3)35-36-28(25)39/h6-9,12-14,23,26H,10-11,15H2,1-5H3,(H,34,38)(H,36,39)/t23-,26+,31+/m0/s1. The predicted octanol–water partition coefficient (Wildman–Crippen LogP) is 4.56. The van der Waals surface area contributed by atoms with Crippen molar-refractivity contribution in [2.45, 2.75) is 71.5 Å². The van der Waals surface area contributed by atoms with Gasteiger partial charge in [0.15, 0.2) is 5.75 Å². The summed E-state index contributed by atoms with van der Waals surface area (Å²) in [5, 5.41) is 19.0. The highest BCUT2D eigenvalue weighted by molar-refractivity contribution is 5.99. The lowest BCUT2D eigenvalue weighted by Gasteiger charge is -2.40. The Balaban J connectivity index is 1.42. The highest BCUT2D eigenvalue weighted by Gasteiger charge is 2.61. The van der Waals surface area contributed by atoms with Crippen molar-refractivity contribution in [2.75, 3.05) is 0 Å². The van der Waals surface area contributed by atoms with Crippen LogP contribution in [0.15, 0.2) is 47.3 Å². The molecule has 2 aromatic carbocycles. The molecule has 0 radical (unpaired) electrons. The Kier molecular flexibility index (Phi) is 6.93. The van der Waals surface area contributed by atoms with Crippen molar-refractivity contribution in [1.82, 2.24) is 20.4 Å². The van der Waals surface area contributed by atoms with Crippen molar-refractivity contribution in [3.8, 4) is 17.6 Å². The van der Waals surface area contributed by atoms with E-state index < -0.39 is 28.5 Å². The number of benzene rings is 2. The summed E-state index contributed by atoms with van der Waals surface area (Å²) < 4.78 is 19.8. The average Bonchev–Trinajstić information content (AvgIpc) is 3.43. The monoisotopic (exact) mass is 557 g/mol. The zero-order valence-corrected chi connectivity index (χ0v) is 23.7. The fourth-order valence-corrected chi connectivity index (χ4v) is 6.30. The van der Waals surface area contributed by atoms with Gasteiger partial charge in [0.25, 0.3) is 5.91 Å². The Bertz CT molecular complexity index is 1660. The van der Waals surface area contributed by atoms with E-state index in [4.69, 9.17) is 4.74 Å². The highest BCUT2D eigenvalue weighted by atomic mass is 19.1. The van der Waals surface area contributed by atoms with Crippen LogP contribution < -0.4 is 15.6 Å². The molecule has 0 unspecified atom stereocenters. The van der Waals surface area contributed by atoms with Crippen molar-refractivity contribution < 1.29 is 18.7 Å². The first-order valence-corrected chi connectivity index (χ1v) is 13.5. The van der Waals surface area contributed by atoms with Crippen LogP contribution in [0.5, 0.6) is 11.5 Å². The lowest BCUT2D eigenvalue weighted by Crippen LogP contribution is -2.50. The normalized spacial score (nSPS) is 21.9. The maximum Gasteiger partial charge on any atom is 0.307 e. The first-order chi connectivity index (χ1) is 19.4. The number of nitrogens with zero attached hydrogens (tertiary/aromatic N) is 3. The number of aromatic amines is 1. The minimum Gasteiger partial charge on any atom is -0.451 e. The van der Waals surface area contributed by atoms with E-state index in [1.807, 2.05) is 20.8 Å². The molecule has 3 atom stereocenters. The molecule has 2 fully saturated rings. The van der Waals surface area contributed by atoms with Crippen molar-refractivity contribution in [3.63, 3.8) is 0 Å². The van der Waals surface area contributed by atoms with Crippen LogP contribution >= 0.6 is 0 Å². The van der Waals surface area contributed by atoms with E-state index >= 15 is 0 Å². The van der Waals surface area contributed by atoms with Gasteiger partial charge in [0.1, 0.15) is 17.6 Å². The summed E-state index contributed by atoms with van der Waals surface area (Å²) in [6.07, 6.45) is 1.54. The van der Waals surface area contributed by atoms with E-state index in [9.17, 15) is 24.0 Å². The van der Waals surface area contributed by atoms with Gasteiger partial charge in [-0.15, -0.1) is 0 Å². The Labute approximate surface area is 237 Å². The number of nitrogens with one attached hydrogen (secondary N) is 2. The third-order valence-electron chi connectivity index (χ3n) is 8.35. The molecule has 3 aromatic rings. The largest absolute Gasteiger partial charge is 0.451 e. The van der Waals surface area contributed by atoms with Crippen LogP contribution in [0, 0.1) is 43.3 Å². The van der Waals surface area contributed by atoms with Gasteiger partial charge in [0.2, 0.25) is 5.91 Å². The van der Waals surface area contributed by atoms with Gasteiger partial charge in [-0.05, 0) is 94.5 Å². The number of aryl methyl sites for hydroxylation is 3. The fraction of sp³-hybridized carbons (Fsp3) is 0.387. The number of fused-ring (bicyclic) bond motifs is 1. The number of carbonyl (C=O) groups excluding carboxylic acids is 2. The van der Waals surface area contributed by atoms with E-state index in [1.54, 1.807) is 43.0 Å². The van der Waals surface area contributed by atoms with Gasteiger partial charge in [-0.25, -0.2) is 9.49 Å². The average molecular weight is 558 g/mol. The summed E-state index contributed by atoms with van der Waals surface area (Å²) in [7, 11) is 0. The second-order valence-electron chi connectivity index (χ2n) is 11.6. The Morgan fingerprint density at radius 3 is 2.59 bits per heavy atom. The molecule has 2 saturated heterocycles. The van der Waals surface area contributed by atoms with E-state index in [1.165, 1.54) is 18.2 Å². The van der Waals surface area contributed by atoms with E-state index in [0.29, 0.717) is 41.8 Å². The molecule has 9 nitrogen and oxygen atoms in total. The summed E-state index contributed by atoms with van der Waals surface area (Å²) >= 11 is 0. The first-order valence-electron chi connectivity index (χ1n) is 13.5. The molecule has 1 aromatic heterocycles. The van der Waals surface area contributed by atoms with Crippen molar-refractivity contribution in [3.05, 3.63) is 86.6 Å². The predicted molar refractivity (Wildman–Crippen MR) is 149 cm³/mol. The van der Waals surface area contributed by atoms with Gasteiger partial charge in [-0.2, -0.15) is 10.4 Å². The smallest absolute Gasteiger partial charge is 0.307 e. The second kappa shape index (κ2) is 10.1. The number of hydrogen-bond donors (Lipinski definition) is 2. The molecule has 0 bridgehead atoms. The summed E-state index contributed by atoms with van der Waals surface area (Å²) in [5.41, 5.74) is 1.05. The number of ether oxygens (including phenoxy) is 1. The minimum atomic E-state index is -0.821. The summed E-state index contributed by atoms with van der Waals surface area (Å²) in [6, 6.07) is 12.1. The molecule has 0 saturated carbocycles. The molecule has 0 aliphatic carbocycles. The van der Waals surface area contributed by atoms with Crippen LogP contribution in [0.3, 0.4) is 0 Å². The first kappa shape index (κ1) is 28.0. The topological polar surface area (TPSA) is 128 Å². The molecule has 10 heteroatoms. The van der Waals surface area contributed by atoms with Crippen LogP contribution in [0.1, 0.15) is 65.9 Å². The molecule has 2 amide bonds.